The van der Waals surface area contributed by atoms with Crippen molar-refractivity contribution in [1.29, 1.82) is 0 Å². The van der Waals surface area contributed by atoms with Crippen molar-refractivity contribution in [2.24, 2.45) is 0 Å². The van der Waals surface area contributed by atoms with Crippen LogP contribution < -0.4 is 10.1 Å². The van der Waals surface area contributed by atoms with Gasteiger partial charge in [-0.05, 0) is 17.9 Å². The summed E-state index contributed by atoms with van der Waals surface area (Å²) in [7, 11) is 0. The molecule has 1 aliphatic carbocycles. The summed E-state index contributed by atoms with van der Waals surface area (Å²) in [6, 6.07) is 4.19. The van der Waals surface area contributed by atoms with Gasteiger partial charge in [0.15, 0.2) is 17.3 Å². The van der Waals surface area contributed by atoms with E-state index < -0.39 is 22.7 Å². The summed E-state index contributed by atoms with van der Waals surface area (Å²) in [5, 5.41) is 22.8. The number of nitro groups is 1. The van der Waals surface area contributed by atoms with E-state index in [2.05, 4.69) is 11.0 Å². The number of carbonyl (C=O) groups excluding carboxylic acids is 1. The Kier molecular flexibility index (Phi) is 4.24. The highest BCUT2D eigenvalue weighted by atomic mass is 19.1. The fourth-order valence-corrected chi connectivity index (χ4v) is 1.73. The van der Waals surface area contributed by atoms with Crippen LogP contribution in [-0.2, 0) is 4.79 Å². The summed E-state index contributed by atoms with van der Waals surface area (Å²) in [5.41, 5.74) is 1.96. The van der Waals surface area contributed by atoms with Gasteiger partial charge in [-0.1, -0.05) is 12.1 Å². The third-order valence-electron chi connectivity index (χ3n) is 2.67. The van der Waals surface area contributed by atoms with Gasteiger partial charge < -0.3 is 15.2 Å². The molecule has 0 aromatic heterocycles. The average Bonchev–Trinajstić information content (AvgIpc) is 2.43. The van der Waals surface area contributed by atoms with Gasteiger partial charge in [0.05, 0.1) is 0 Å². The molecule has 8 heteroatoms. The van der Waals surface area contributed by atoms with E-state index in [1.165, 1.54) is 12.1 Å². The van der Waals surface area contributed by atoms with Crippen LogP contribution in [0.2, 0.25) is 0 Å². The highest BCUT2D eigenvalue weighted by Gasteiger charge is 2.31. The van der Waals surface area contributed by atoms with Gasteiger partial charge in [-0.2, -0.15) is 0 Å². The van der Waals surface area contributed by atoms with Crippen molar-refractivity contribution in [3.63, 3.8) is 0 Å². The van der Waals surface area contributed by atoms with Gasteiger partial charge in [-0.15, -0.1) is 0 Å². The lowest BCUT2D eigenvalue weighted by Gasteiger charge is -2.15. The van der Waals surface area contributed by atoms with Crippen molar-refractivity contribution in [3.05, 3.63) is 63.5 Å². The van der Waals surface area contributed by atoms with Crippen LogP contribution in [0.5, 0.6) is 11.5 Å². The number of phenolic OH excluding ortho intramolecular Hbond substituents is 1. The second kappa shape index (κ2) is 6.11. The number of nitrogens with zero attached hydrogens (tertiary/aromatic N) is 1. The van der Waals surface area contributed by atoms with Crippen LogP contribution in [0.4, 0.5) is 4.39 Å². The Morgan fingerprint density at radius 3 is 2.77 bits per heavy atom. The fourth-order valence-electron chi connectivity index (χ4n) is 1.73. The van der Waals surface area contributed by atoms with Gasteiger partial charge in [-0.3, -0.25) is 14.9 Å². The Labute approximate surface area is 124 Å². The second-order valence-electron chi connectivity index (χ2n) is 4.36. The van der Waals surface area contributed by atoms with E-state index in [9.17, 15) is 24.4 Å². The highest BCUT2D eigenvalue weighted by molar-refractivity contribution is 5.75. The van der Waals surface area contributed by atoms with Crippen molar-refractivity contribution >= 4 is 5.91 Å². The molecule has 0 aliphatic heterocycles. The molecule has 1 atom stereocenters. The lowest BCUT2D eigenvalue weighted by molar-refractivity contribution is -0.503. The van der Waals surface area contributed by atoms with Crippen LogP contribution in [0, 0.1) is 10.1 Å². The Morgan fingerprint density at radius 1 is 1.50 bits per heavy atom. The van der Waals surface area contributed by atoms with Crippen molar-refractivity contribution < 1.29 is 24.0 Å². The number of hydrogen-bond donors (Lipinski definition) is 2. The smallest absolute Gasteiger partial charge is 0.298 e. The molecule has 114 valence electrons. The van der Waals surface area contributed by atoms with E-state index in [1.54, 1.807) is 12.1 Å². The quantitative estimate of drug-likeness (QED) is 0.501. The summed E-state index contributed by atoms with van der Waals surface area (Å²) in [4.78, 5) is 21.2. The summed E-state index contributed by atoms with van der Waals surface area (Å²) < 4.78 is 19.0. The molecule has 1 amide bonds. The fraction of sp³-hybridized carbons (Fsp3) is 0.143. The van der Waals surface area contributed by atoms with Crippen LogP contribution >= 0.6 is 0 Å². The molecule has 0 bridgehead atoms. The van der Waals surface area contributed by atoms with Gasteiger partial charge in [-0.25, -0.2) is 4.39 Å². The van der Waals surface area contributed by atoms with Crippen LogP contribution in [0.25, 0.3) is 0 Å². The normalized spacial score (nSPS) is 17.0. The molecule has 1 aromatic carbocycles. The number of para-hydroxylation sites is 2. The number of hydrogen-bond acceptors (Lipinski definition) is 5. The first kappa shape index (κ1) is 15.3. The number of rotatable bonds is 4. The molecule has 0 saturated heterocycles. The summed E-state index contributed by atoms with van der Waals surface area (Å²) in [6.07, 6.45) is 0.692. The average molecular weight is 306 g/mol. The number of phenols is 1. The molecule has 2 N–H and O–H groups in total. The van der Waals surface area contributed by atoms with E-state index >= 15 is 0 Å². The molecule has 2 rings (SSSR count). The summed E-state index contributed by atoms with van der Waals surface area (Å²) in [6.45, 7) is 1.16. The minimum Gasteiger partial charge on any atom is -0.504 e. The molecule has 1 aliphatic rings. The number of amides is 1. The zero-order valence-corrected chi connectivity index (χ0v) is 11.4. The monoisotopic (exact) mass is 306 g/mol. The van der Waals surface area contributed by atoms with Gasteiger partial charge >= 0.3 is 0 Å². The van der Waals surface area contributed by atoms with E-state index in [4.69, 9.17) is 4.74 Å². The number of aromatic hydroxyl groups is 1. The number of nitrogens with one attached hydrogen (secondary N) is 1. The van der Waals surface area contributed by atoms with Gasteiger partial charge in [0.25, 0.3) is 6.04 Å². The maximum Gasteiger partial charge on any atom is 0.298 e. The van der Waals surface area contributed by atoms with Crippen molar-refractivity contribution in [2.75, 3.05) is 0 Å². The molecule has 0 spiro atoms. The Balaban J connectivity index is 2.46. The zero-order valence-electron chi connectivity index (χ0n) is 11.4. The van der Waals surface area contributed by atoms with Crippen LogP contribution in [0.15, 0.2) is 53.4 Å². The zero-order chi connectivity index (χ0) is 16.3. The minimum atomic E-state index is -1.61. The maximum atomic E-state index is 13.7. The minimum absolute atomic E-state index is 0.0465. The molecule has 0 radical (unpaired) electrons. The molecule has 22 heavy (non-hydrogen) atoms. The predicted octanol–water partition coefficient (Wildman–Crippen LogP) is 1.79. The number of halogens is 1. The Morgan fingerprint density at radius 2 is 2.18 bits per heavy atom. The molecule has 1 aromatic rings. The lowest BCUT2D eigenvalue weighted by atomic mass is 10.1. The second-order valence-corrected chi connectivity index (χ2v) is 4.36. The van der Waals surface area contributed by atoms with Crippen molar-refractivity contribution in [2.45, 2.75) is 13.0 Å². The number of carbonyl (C=O) groups is 1. The third kappa shape index (κ3) is 3.31. The van der Waals surface area contributed by atoms with Crippen LogP contribution in [-0.4, -0.2) is 22.0 Å². The standard InChI is InChI=1S/C14H11FN2O5/c1-8(18)16-10-7-14(11(17(20)21)6-9(10)15)22-13-5-3-2-4-12(13)19/h2-6,11,19H,1H3,(H,16,18). The van der Waals surface area contributed by atoms with Gasteiger partial charge in [0, 0.05) is 17.9 Å². The molecule has 0 heterocycles. The number of ether oxygens (including phenoxy) is 1. The molecular formula is C14H11FN2O5. The predicted molar refractivity (Wildman–Crippen MR) is 73.1 cm³/mol. The van der Waals surface area contributed by atoms with E-state index in [1.807, 2.05) is 0 Å². The maximum absolute atomic E-state index is 13.7. The third-order valence-corrected chi connectivity index (χ3v) is 2.67. The SMILES string of the molecule is CC(=O)NC1=C=C(Oc2ccccc2O)C([N+](=O)[O-])C=C1F. The molecule has 0 fully saturated rings. The van der Waals surface area contributed by atoms with Crippen LogP contribution in [0.3, 0.4) is 0 Å². The topological polar surface area (TPSA) is 102 Å². The van der Waals surface area contributed by atoms with Crippen molar-refractivity contribution in [1.82, 2.24) is 5.32 Å². The van der Waals surface area contributed by atoms with Gasteiger partial charge in [0.1, 0.15) is 5.70 Å². The van der Waals surface area contributed by atoms with E-state index in [-0.39, 0.29) is 23.0 Å². The first-order valence-electron chi connectivity index (χ1n) is 6.14. The summed E-state index contributed by atoms with van der Waals surface area (Å²) >= 11 is 0. The highest BCUT2D eigenvalue weighted by Crippen LogP contribution is 2.29. The van der Waals surface area contributed by atoms with E-state index in [0.29, 0.717) is 6.08 Å². The Bertz CT molecular complexity index is 735. The van der Waals surface area contributed by atoms with Gasteiger partial charge in [0.2, 0.25) is 11.7 Å². The van der Waals surface area contributed by atoms with Crippen molar-refractivity contribution in [3.8, 4) is 11.5 Å². The summed E-state index contributed by atoms with van der Waals surface area (Å²) in [5.74, 6) is -2.18. The molecular weight excluding hydrogens is 295 g/mol. The van der Waals surface area contributed by atoms with Crippen LogP contribution in [0.1, 0.15) is 6.92 Å². The lowest BCUT2D eigenvalue weighted by Crippen LogP contribution is -2.28. The molecule has 0 saturated carbocycles. The molecule has 1 unspecified atom stereocenters. The Hall–Kier alpha value is -3.12. The first-order chi connectivity index (χ1) is 10.4. The first-order valence-corrected chi connectivity index (χ1v) is 6.14. The van der Waals surface area contributed by atoms with E-state index in [0.717, 1.165) is 6.92 Å². The number of benzene rings is 1. The molecule has 7 nitrogen and oxygen atoms in total. The largest absolute Gasteiger partial charge is 0.504 e.